The molecule has 0 aliphatic heterocycles. The lowest BCUT2D eigenvalue weighted by Crippen LogP contribution is -2.00. The minimum Gasteiger partial charge on any atom is -0.496 e. The summed E-state index contributed by atoms with van der Waals surface area (Å²) in [6.45, 7) is 2.11. The molecule has 6 heteroatoms. The Morgan fingerprint density at radius 1 is 1.21 bits per heavy atom. The van der Waals surface area contributed by atoms with Crippen molar-refractivity contribution in [3.05, 3.63) is 42.0 Å². The van der Waals surface area contributed by atoms with E-state index in [4.69, 9.17) is 9.47 Å². The molecule has 3 rings (SSSR count). The maximum atomic E-state index is 11.7. The van der Waals surface area contributed by atoms with E-state index in [9.17, 15) is 4.79 Å². The van der Waals surface area contributed by atoms with Crippen LogP contribution in [-0.2, 0) is 4.74 Å². The zero-order chi connectivity index (χ0) is 17.1. The van der Waals surface area contributed by atoms with Gasteiger partial charge in [-0.3, -0.25) is 0 Å². The number of esters is 1. The van der Waals surface area contributed by atoms with Crippen molar-refractivity contribution in [3.8, 4) is 17.1 Å². The zero-order valence-corrected chi connectivity index (χ0v) is 14.6. The normalized spacial score (nSPS) is 10.8. The van der Waals surface area contributed by atoms with E-state index in [0.717, 1.165) is 33.0 Å². The number of methoxy groups -OCH3 is 2. The van der Waals surface area contributed by atoms with Crippen molar-refractivity contribution in [1.29, 1.82) is 0 Å². The molecule has 0 atom stereocenters. The molecule has 24 heavy (non-hydrogen) atoms. The number of nitrogens with zero attached hydrogens (tertiary/aromatic N) is 1. The van der Waals surface area contributed by atoms with Crippen molar-refractivity contribution < 1.29 is 14.3 Å². The van der Waals surface area contributed by atoms with Gasteiger partial charge in [-0.05, 0) is 42.2 Å². The lowest BCUT2D eigenvalue weighted by molar-refractivity contribution is 0.0601. The first kappa shape index (κ1) is 16.4. The van der Waals surface area contributed by atoms with E-state index < -0.39 is 0 Å². The third kappa shape index (κ3) is 3.10. The highest BCUT2D eigenvalue weighted by molar-refractivity contribution is 7.99. The van der Waals surface area contributed by atoms with Crippen molar-refractivity contribution in [1.82, 2.24) is 9.97 Å². The molecule has 3 aromatic rings. The Morgan fingerprint density at radius 3 is 2.75 bits per heavy atom. The molecule has 0 saturated heterocycles. The number of aromatic nitrogens is 2. The molecule has 0 fully saturated rings. The first-order valence-electron chi connectivity index (χ1n) is 7.55. The fourth-order valence-corrected chi connectivity index (χ4v) is 3.19. The van der Waals surface area contributed by atoms with E-state index in [2.05, 4.69) is 23.0 Å². The number of nitrogens with one attached hydrogen (secondary N) is 1. The van der Waals surface area contributed by atoms with Gasteiger partial charge in [0, 0.05) is 4.90 Å². The molecule has 0 aliphatic carbocycles. The smallest absolute Gasteiger partial charge is 0.337 e. The monoisotopic (exact) mass is 342 g/mol. The number of hydrogen-bond donors (Lipinski definition) is 1. The van der Waals surface area contributed by atoms with Crippen LogP contribution in [0.25, 0.3) is 22.4 Å². The Bertz CT molecular complexity index is 889. The van der Waals surface area contributed by atoms with Crippen LogP contribution in [0, 0.1) is 0 Å². The Balaban J connectivity index is 2.04. The molecular formula is C18H18N2O3S. The first-order chi connectivity index (χ1) is 11.7. The first-order valence-corrected chi connectivity index (χ1v) is 8.54. The number of benzene rings is 2. The Morgan fingerprint density at radius 2 is 2.04 bits per heavy atom. The van der Waals surface area contributed by atoms with Crippen molar-refractivity contribution in [2.45, 2.75) is 11.8 Å². The van der Waals surface area contributed by atoms with Crippen LogP contribution in [0.3, 0.4) is 0 Å². The van der Waals surface area contributed by atoms with Gasteiger partial charge in [-0.1, -0.05) is 6.92 Å². The number of thioether (sulfide) groups is 1. The van der Waals surface area contributed by atoms with E-state index >= 15 is 0 Å². The standard InChI is InChI=1S/C18H18N2O3S/c1-4-24-12-6-7-13(16(10-12)22-2)17-19-14-8-5-11(18(21)23-3)9-15(14)20-17/h5-10H,4H2,1-3H3,(H,19,20). The van der Waals surface area contributed by atoms with Crippen LogP contribution < -0.4 is 4.74 Å². The molecule has 0 amide bonds. The lowest BCUT2D eigenvalue weighted by Gasteiger charge is -2.08. The van der Waals surface area contributed by atoms with Crippen LogP contribution in [0.5, 0.6) is 5.75 Å². The van der Waals surface area contributed by atoms with Gasteiger partial charge >= 0.3 is 5.97 Å². The molecule has 0 saturated carbocycles. The van der Waals surface area contributed by atoms with E-state index in [0.29, 0.717) is 11.4 Å². The van der Waals surface area contributed by atoms with Gasteiger partial charge < -0.3 is 14.5 Å². The second kappa shape index (κ2) is 6.97. The topological polar surface area (TPSA) is 64.2 Å². The van der Waals surface area contributed by atoms with Crippen molar-refractivity contribution in [2.75, 3.05) is 20.0 Å². The molecule has 1 aromatic heterocycles. The Labute approximate surface area is 144 Å². The van der Waals surface area contributed by atoms with Gasteiger partial charge in [0.2, 0.25) is 0 Å². The van der Waals surface area contributed by atoms with Crippen molar-refractivity contribution in [3.63, 3.8) is 0 Å². The fourth-order valence-electron chi connectivity index (χ4n) is 2.51. The summed E-state index contributed by atoms with van der Waals surface area (Å²) >= 11 is 1.76. The van der Waals surface area contributed by atoms with E-state index in [1.54, 1.807) is 37.1 Å². The SMILES string of the molecule is CCSc1ccc(-c2nc3ccc(C(=O)OC)cc3[nH]2)c(OC)c1. The van der Waals surface area contributed by atoms with Gasteiger partial charge in [-0.15, -0.1) is 11.8 Å². The third-order valence-corrected chi connectivity index (χ3v) is 4.52. The minimum absolute atomic E-state index is 0.369. The van der Waals surface area contributed by atoms with E-state index in [1.807, 2.05) is 12.1 Å². The summed E-state index contributed by atoms with van der Waals surface area (Å²) in [6, 6.07) is 11.3. The Kier molecular flexibility index (Phi) is 4.76. The van der Waals surface area contributed by atoms with Crippen molar-refractivity contribution in [2.24, 2.45) is 0 Å². The van der Waals surface area contributed by atoms with Gasteiger partial charge in [0.1, 0.15) is 11.6 Å². The van der Waals surface area contributed by atoms with E-state index in [1.165, 1.54) is 7.11 Å². The highest BCUT2D eigenvalue weighted by atomic mass is 32.2. The molecule has 5 nitrogen and oxygen atoms in total. The second-order valence-corrected chi connectivity index (χ2v) is 6.44. The number of H-pyrrole nitrogens is 1. The maximum Gasteiger partial charge on any atom is 0.337 e. The van der Waals surface area contributed by atoms with Gasteiger partial charge in [0.05, 0.1) is 36.4 Å². The zero-order valence-electron chi connectivity index (χ0n) is 13.8. The molecule has 124 valence electrons. The molecular weight excluding hydrogens is 324 g/mol. The molecule has 0 unspecified atom stereocenters. The van der Waals surface area contributed by atoms with Crippen LogP contribution >= 0.6 is 11.8 Å². The van der Waals surface area contributed by atoms with Gasteiger partial charge in [-0.2, -0.15) is 0 Å². The number of carbonyl (C=O) groups excluding carboxylic acids is 1. The summed E-state index contributed by atoms with van der Waals surface area (Å²) in [4.78, 5) is 20.7. The molecule has 1 N–H and O–H groups in total. The quantitative estimate of drug-likeness (QED) is 0.558. The van der Waals surface area contributed by atoms with E-state index in [-0.39, 0.29) is 5.97 Å². The molecule has 0 bridgehead atoms. The summed E-state index contributed by atoms with van der Waals surface area (Å²) in [5, 5.41) is 0. The summed E-state index contributed by atoms with van der Waals surface area (Å²) in [7, 11) is 3.02. The number of hydrogen-bond acceptors (Lipinski definition) is 5. The third-order valence-electron chi connectivity index (χ3n) is 3.64. The van der Waals surface area contributed by atoms with Crippen LogP contribution in [0.2, 0.25) is 0 Å². The average Bonchev–Trinajstić information content (AvgIpc) is 3.04. The number of rotatable bonds is 5. The number of carbonyl (C=O) groups is 1. The van der Waals surface area contributed by atoms with Gasteiger partial charge in [0.25, 0.3) is 0 Å². The van der Waals surface area contributed by atoms with Crippen LogP contribution in [0.1, 0.15) is 17.3 Å². The highest BCUT2D eigenvalue weighted by Gasteiger charge is 2.13. The fraction of sp³-hybridized carbons (Fsp3) is 0.222. The maximum absolute atomic E-state index is 11.7. The van der Waals surface area contributed by atoms with Gasteiger partial charge in [0.15, 0.2) is 0 Å². The van der Waals surface area contributed by atoms with Crippen LogP contribution in [0.4, 0.5) is 0 Å². The summed E-state index contributed by atoms with van der Waals surface area (Å²) in [5.74, 6) is 2.10. The number of aromatic amines is 1. The lowest BCUT2D eigenvalue weighted by atomic mass is 10.2. The Hall–Kier alpha value is -2.47. The van der Waals surface area contributed by atoms with Crippen LogP contribution in [0.15, 0.2) is 41.3 Å². The highest BCUT2D eigenvalue weighted by Crippen LogP contribution is 2.33. The number of ether oxygens (including phenoxy) is 2. The summed E-state index contributed by atoms with van der Waals surface area (Å²) < 4.78 is 10.3. The molecule has 1 heterocycles. The predicted molar refractivity (Wildman–Crippen MR) is 95.8 cm³/mol. The number of fused-ring (bicyclic) bond motifs is 1. The van der Waals surface area contributed by atoms with Crippen LogP contribution in [-0.4, -0.2) is 35.9 Å². The second-order valence-electron chi connectivity index (χ2n) is 5.10. The number of imidazole rings is 1. The summed E-state index contributed by atoms with van der Waals surface area (Å²) in [5.41, 5.74) is 2.93. The largest absolute Gasteiger partial charge is 0.496 e. The molecule has 0 radical (unpaired) electrons. The predicted octanol–water partition coefficient (Wildman–Crippen LogP) is 4.14. The average molecular weight is 342 g/mol. The minimum atomic E-state index is -0.369. The molecule has 2 aromatic carbocycles. The van der Waals surface area contributed by atoms with Crippen molar-refractivity contribution >= 4 is 28.8 Å². The summed E-state index contributed by atoms with van der Waals surface area (Å²) in [6.07, 6.45) is 0. The van der Waals surface area contributed by atoms with Gasteiger partial charge in [-0.25, -0.2) is 9.78 Å². The molecule has 0 spiro atoms. The molecule has 0 aliphatic rings.